The molecule has 11 aromatic rings. The van der Waals surface area contributed by atoms with Crippen molar-refractivity contribution in [1.29, 1.82) is 0 Å². The van der Waals surface area contributed by atoms with E-state index in [1.165, 1.54) is 104 Å². The fourth-order valence-electron chi connectivity index (χ4n) is 12.1. The van der Waals surface area contributed by atoms with Crippen LogP contribution in [0.25, 0.3) is 53.6 Å². The number of hydrogen-bond donors (Lipinski definition) is 0. The molecule has 1 nitrogen and oxygen atoms in total. The standard InChI is InChI=1S/C62H39NS/c1-2-17-40(18-3-1)61(52-26-10-4-19-44(52)45-20-5-11-27-53(45)61)41-33-35-42(36-34-41)63(58-31-16-25-51-50-24-9-15-32-59(50)64-60(51)58)43-37-38-49-48-23-8-14-30-56(48)62(57(49)39-43)54-28-12-6-21-46(54)47-22-7-13-29-55(47)62/h1-39H. The molecule has 1 spiro atoms. The number of rotatable bonds is 5. The molecule has 0 N–H and O–H groups in total. The van der Waals surface area contributed by atoms with Crippen molar-refractivity contribution in [3.05, 3.63) is 281 Å². The van der Waals surface area contributed by atoms with Gasteiger partial charge in [-0.25, -0.2) is 0 Å². The first kappa shape index (κ1) is 35.8. The van der Waals surface area contributed by atoms with Crippen LogP contribution >= 0.6 is 11.3 Å². The Labute approximate surface area is 376 Å². The largest absolute Gasteiger partial charge is 0.309 e. The maximum Gasteiger partial charge on any atom is 0.0726 e. The molecule has 2 heteroatoms. The molecule has 0 amide bonds. The molecular formula is C62H39NS. The van der Waals surface area contributed by atoms with Gasteiger partial charge in [-0.05, 0) is 114 Å². The second-order valence-electron chi connectivity index (χ2n) is 17.5. The van der Waals surface area contributed by atoms with E-state index < -0.39 is 10.8 Å². The van der Waals surface area contributed by atoms with Gasteiger partial charge < -0.3 is 4.90 Å². The molecule has 10 aromatic carbocycles. The molecule has 1 aromatic heterocycles. The molecule has 0 atom stereocenters. The van der Waals surface area contributed by atoms with Gasteiger partial charge in [-0.15, -0.1) is 11.3 Å². The van der Waals surface area contributed by atoms with Crippen molar-refractivity contribution in [2.75, 3.05) is 4.90 Å². The SMILES string of the molecule is c1ccc(C2(c3ccc(N(c4ccc5c(c4)C4(c6ccccc6-c6ccccc64)c4ccccc4-5)c4cccc5c4sc4ccccc45)cc3)c3ccccc3-c3ccccc32)cc1. The summed E-state index contributed by atoms with van der Waals surface area (Å²) < 4.78 is 2.58. The monoisotopic (exact) mass is 829 g/mol. The summed E-state index contributed by atoms with van der Waals surface area (Å²) in [4.78, 5) is 2.52. The van der Waals surface area contributed by atoms with E-state index in [-0.39, 0.29) is 0 Å². The smallest absolute Gasteiger partial charge is 0.0726 e. The van der Waals surface area contributed by atoms with Crippen LogP contribution in [0.2, 0.25) is 0 Å². The topological polar surface area (TPSA) is 3.24 Å². The van der Waals surface area contributed by atoms with Crippen LogP contribution in [0.15, 0.2) is 237 Å². The predicted octanol–water partition coefficient (Wildman–Crippen LogP) is 16.2. The van der Waals surface area contributed by atoms with Crippen molar-refractivity contribution in [1.82, 2.24) is 0 Å². The van der Waals surface area contributed by atoms with Gasteiger partial charge in [0.15, 0.2) is 0 Å². The first-order valence-electron chi connectivity index (χ1n) is 22.3. The summed E-state index contributed by atoms with van der Waals surface area (Å²) in [5.74, 6) is 0. The maximum absolute atomic E-state index is 2.52. The van der Waals surface area contributed by atoms with Crippen LogP contribution in [0.3, 0.4) is 0 Å². The quantitative estimate of drug-likeness (QED) is 0.167. The lowest BCUT2D eigenvalue weighted by atomic mass is 9.67. The molecule has 3 aliphatic rings. The fourth-order valence-corrected chi connectivity index (χ4v) is 13.3. The highest BCUT2D eigenvalue weighted by molar-refractivity contribution is 7.26. The summed E-state index contributed by atoms with van der Waals surface area (Å²) in [6.07, 6.45) is 0. The summed E-state index contributed by atoms with van der Waals surface area (Å²) in [5, 5.41) is 2.58. The lowest BCUT2D eigenvalue weighted by Crippen LogP contribution is -2.28. The zero-order valence-corrected chi connectivity index (χ0v) is 35.7. The molecular weight excluding hydrogens is 791 g/mol. The van der Waals surface area contributed by atoms with Gasteiger partial charge in [0.05, 0.1) is 21.2 Å². The molecule has 0 bridgehead atoms. The Kier molecular flexibility index (Phi) is 7.47. The Morgan fingerprint density at radius 3 is 1.31 bits per heavy atom. The Balaban J connectivity index is 1.03. The summed E-state index contributed by atoms with van der Waals surface area (Å²) in [5.41, 5.74) is 20.9. The van der Waals surface area contributed by atoms with Crippen LogP contribution in [-0.4, -0.2) is 0 Å². The number of nitrogens with zero attached hydrogens (tertiary/aromatic N) is 1. The van der Waals surface area contributed by atoms with Gasteiger partial charge in [-0.3, -0.25) is 0 Å². The normalized spacial score (nSPS) is 14.2. The first-order chi connectivity index (χ1) is 31.8. The van der Waals surface area contributed by atoms with E-state index in [2.05, 4.69) is 241 Å². The van der Waals surface area contributed by atoms with Crippen molar-refractivity contribution < 1.29 is 0 Å². The van der Waals surface area contributed by atoms with Gasteiger partial charge in [0, 0.05) is 26.8 Å². The van der Waals surface area contributed by atoms with Crippen molar-refractivity contribution in [2.24, 2.45) is 0 Å². The highest BCUT2D eigenvalue weighted by atomic mass is 32.1. The van der Waals surface area contributed by atoms with Crippen molar-refractivity contribution >= 4 is 48.6 Å². The fraction of sp³-hybridized carbons (Fsp3) is 0.0323. The second-order valence-corrected chi connectivity index (χ2v) is 18.5. The number of fused-ring (bicyclic) bond motifs is 16. The van der Waals surface area contributed by atoms with Crippen molar-refractivity contribution in [3.8, 4) is 33.4 Å². The maximum atomic E-state index is 2.52. The van der Waals surface area contributed by atoms with E-state index in [1.807, 2.05) is 11.3 Å². The summed E-state index contributed by atoms with van der Waals surface area (Å²) in [6.45, 7) is 0. The average Bonchev–Trinajstić information content (AvgIpc) is 4.08. The van der Waals surface area contributed by atoms with Gasteiger partial charge in [-0.1, -0.05) is 200 Å². The molecule has 0 saturated heterocycles. The van der Waals surface area contributed by atoms with E-state index in [9.17, 15) is 0 Å². The average molecular weight is 830 g/mol. The number of thiophene rings is 1. The molecule has 14 rings (SSSR count). The molecule has 0 saturated carbocycles. The first-order valence-corrected chi connectivity index (χ1v) is 23.1. The zero-order valence-electron chi connectivity index (χ0n) is 34.9. The highest BCUT2D eigenvalue weighted by Crippen LogP contribution is 2.64. The molecule has 0 aliphatic heterocycles. The molecule has 0 radical (unpaired) electrons. The zero-order chi connectivity index (χ0) is 42.0. The van der Waals surface area contributed by atoms with Gasteiger partial charge in [-0.2, -0.15) is 0 Å². The molecule has 64 heavy (non-hydrogen) atoms. The van der Waals surface area contributed by atoms with Gasteiger partial charge >= 0.3 is 0 Å². The van der Waals surface area contributed by atoms with Gasteiger partial charge in [0.1, 0.15) is 0 Å². The minimum absolute atomic E-state index is 0.445. The Hall–Kier alpha value is -7.78. The summed E-state index contributed by atoms with van der Waals surface area (Å²) in [7, 11) is 0. The molecule has 1 heterocycles. The van der Waals surface area contributed by atoms with E-state index in [4.69, 9.17) is 0 Å². The highest BCUT2D eigenvalue weighted by Gasteiger charge is 2.52. The van der Waals surface area contributed by atoms with E-state index in [0.29, 0.717) is 0 Å². The Morgan fingerprint density at radius 1 is 0.297 bits per heavy atom. The predicted molar refractivity (Wildman–Crippen MR) is 268 cm³/mol. The molecule has 0 fully saturated rings. The molecule has 298 valence electrons. The van der Waals surface area contributed by atoms with E-state index in [0.717, 1.165) is 11.4 Å². The van der Waals surface area contributed by atoms with Crippen LogP contribution in [0.4, 0.5) is 17.1 Å². The molecule has 3 aliphatic carbocycles. The minimum atomic E-state index is -0.474. The lowest BCUT2D eigenvalue weighted by Gasteiger charge is -2.35. The van der Waals surface area contributed by atoms with Crippen LogP contribution in [0.1, 0.15) is 44.5 Å². The third-order valence-corrected chi connectivity index (χ3v) is 15.8. The van der Waals surface area contributed by atoms with Crippen molar-refractivity contribution in [2.45, 2.75) is 10.8 Å². The third kappa shape index (κ3) is 4.57. The second kappa shape index (κ2) is 13.4. The van der Waals surface area contributed by atoms with Gasteiger partial charge in [0.2, 0.25) is 0 Å². The Morgan fingerprint density at radius 2 is 0.734 bits per heavy atom. The Bertz CT molecular complexity index is 3580. The third-order valence-electron chi connectivity index (χ3n) is 14.6. The van der Waals surface area contributed by atoms with E-state index >= 15 is 0 Å². The van der Waals surface area contributed by atoms with Crippen molar-refractivity contribution in [3.63, 3.8) is 0 Å². The number of hydrogen-bond acceptors (Lipinski definition) is 2. The van der Waals surface area contributed by atoms with Crippen LogP contribution in [-0.2, 0) is 10.8 Å². The number of anilines is 3. The molecule has 0 unspecified atom stereocenters. The van der Waals surface area contributed by atoms with Gasteiger partial charge in [0.25, 0.3) is 0 Å². The van der Waals surface area contributed by atoms with Crippen LogP contribution < -0.4 is 4.90 Å². The van der Waals surface area contributed by atoms with Crippen LogP contribution in [0, 0.1) is 0 Å². The van der Waals surface area contributed by atoms with Crippen LogP contribution in [0.5, 0.6) is 0 Å². The summed E-state index contributed by atoms with van der Waals surface area (Å²) >= 11 is 1.88. The number of benzene rings is 10. The van der Waals surface area contributed by atoms with E-state index in [1.54, 1.807) is 0 Å². The minimum Gasteiger partial charge on any atom is -0.309 e. The lowest BCUT2D eigenvalue weighted by molar-refractivity contribution is 0.768. The summed E-state index contributed by atoms with van der Waals surface area (Å²) in [6, 6.07) is 88.9.